The van der Waals surface area contributed by atoms with E-state index in [1.165, 1.54) is 23.7 Å². The van der Waals surface area contributed by atoms with Gasteiger partial charge in [-0.05, 0) is 96.6 Å². The van der Waals surface area contributed by atoms with Crippen LogP contribution in [0, 0.1) is 0 Å². The van der Waals surface area contributed by atoms with E-state index in [4.69, 9.17) is 9.47 Å². The van der Waals surface area contributed by atoms with Crippen LogP contribution in [0.2, 0.25) is 0 Å². The smallest absolute Gasteiger partial charge is 0.264 e. The summed E-state index contributed by atoms with van der Waals surface area (Å²) in [4.78, 5) is 32.3. The van der Waals surface area contributed by atoms with E-state index >= 15 is 0 Å². The van der Waals surface area contributed by atoms with Gasteiger partial charge in [0, 0.05) is 18.7 Å². The number of aliphatic imine (C=N–C) groups is 1. The first-order valence-electron chi connectivity index (χ1n) is 13.6. The van der Waals surface area contributed by atoms with Crippen LogP contribution < -0.4 is 14.8 Å². The van der Waals surface area contributed by atoms with Gasteiger partial charge in [-0.25, -0.2) is 4.99 Å². The van der Waals surface area contributed by atoms with Crippen LogP contribution in [0.1, 0.15) is 53.2 Å². The number of carbonyl (C=O) groups is 2. The van der Waals surface area contributed by atoms with Gasteiger partial charge in [-0.15, -0.1) is 0 Å². The predicted molar refractivity (Wildman–Crippen MR) is 160 cm³/mol. The number of likely N-dealkylation sites (tertiary alicyclic amines) is 1. The first-order chi connectivity index (χ1) is 19.5. The average molecular weight is 556 g/mol. The maximum atomic E-state index is 12.7. The highest BCUT2D eigenvalue weighted by Crippen LogP contribution is 2.33. The van der Waals surface area contributed by atoms with Crippen molar-refractivity contribution in [2.45, 2.75) is 39.2 Å². The Hall–Kier alpha value is -4.04. The van der Waals surface area contributed by atoms with Gasteiger partial charge in [0.05, 0.1) is 17.7 Å². The normalized spacial score (nSPS) is 17.2. The highest BCUT2D eigenvalue weighted by molar-refractivity contribution is 8.18. The molecular formula is C32H33N3O4S. The van der Waals surface area contributed by atoms with Gasteiger partial charge in [0.25, 0.3) is 11.8 Å². The van der Waals surface area contributed by atoms with Crippen molar-refractivity contribution < 1.29 is 19.1 Å². The number of ether oxygens (including phenoxy) is 2. The van der Waals surface area contributed by atoms with Gasteiger partial charge in [-0.1, -0.05) is 37.3 Å². The number of hydrogen-bond acceptors (Lipinski definition) is 6. The van der Waals surface area contributed by atoms with E-state index in [2.05, 4.69) is 17.2 Å². The van der Waals surface area contributed by atoms with Gasteiger partial charge < -0.3 is 19.7 Å². The number of piperidine rings is 1. The zero-order valence-electron chi connectivity index (χ0n) is 22.8. The summed E-state index contributed by atoms with van der Waals surface area (Å²) in [6, 6.07) is 21.1. The number of rotatable bonds is 8. The Labute approximate surface area is 239 Å². The molecule has 0 saturated carbocycles. The summed E-state index contributed by atoms with van der Waals surface area (Å²) in [5, 5.41) is 3.39. The zero-order valence-corrected chi connectivity index (χ0v) is 23.6. The number of nitrogens with zero attached hydrogens (tertiary/aromatic N) is 2. The number of nitrogens with one attached hydrogen (secondary N) is 1. The minimum absolute atomic E-state index is 0.0941. The molecule has 2 saturated heterocycles. The second kappa shape index (κ2) is 12.9. The van der Waals surface area contributed by atoms with E-state index in [1.54, 1.807) is 7.11 Å². The molecule has 7 nitrogen and oxygen atoms in total. The van der Waals surface area contributed by atoms with Crippen molar-refractivity contribution in [3.63, 3.8) is 0 Å². The third-order valence-electron chi connectivity index (χ3n) is 6.95. The first-order valence-corrected chi connectivity index (χ1v) is 14.4. The second-order valence-corrected chi connectivity index (χ2v) is 10.8. The van der Waals surface area contributed by atoms with E-state index in [9.17, 15) is 9.59 Å². The molecule has 2 amide bonds. The molecular weight excluding hydrogens is 522 g/mol. The second-order valence-electron chi connectivity index (χ2n) is 9.75. The Kier molecular flexibility index (Phi) is 8.86. The first kappa shape index (κ1) is 27.5. The number of methoxy groups -OCH3 is 1. The van der Waals surface area contributed by atoms with Crippen LogP contribution in [-0.4, -0.2) is 42.1 Å². The molecule has 0 spiro atoms. The van der Waals surface area contributed by atoms with Crippen molar-refractivity contribution >= 4 is 40.5 Å². The standard InChI is InChI=1S/C32H33N3O4S/c1-3-22-9-14-26(15-10-22)33-32-34-30(36)29(40-32)20-24-11-16-27(28(19-24)38-2)39-21-23-7-12-25(13-8-23)31(37)35-17-5-4-6-18-35/h7-16,19-20H,3-6,17-18,21H2,1-2H3,(H,33,34,36)/b29-20-. The lowest BCUT2D eigenvalue weighted by Crippen LogP contribution is -2.35. The minimum Gasteiger partial charge on any atom is -0.493 e. The highest BCUT2D eigenvalue weighted by atomic mass is 32.2. The molecule has 206 valence electrons. The van der Waals surface area contributed by atoms with Crippen LogP contribution in [0.25, 0.3) is 6.08 Å². The number of amidine groups is 1. The largest absolute Gasteiger partial charge is 0.493 e. The number of thioether (sulfide) groups is 1. The molecule has 2 aliphatic heterocycles. The molecule has 2 fully saturated rings. The van der Waals surface area contributed by atoms with Crippen LogP contribution >= 0.6 is 11.8 Å². The Morgan fingerprint density at radius 2 is 1.70 bits per heavy atom. The topological polar surface area (TPSA) is 80.2 Å². The maximum absolute atomic E-state index is 12.7. The molecule has 2 heterocycles. The Morgan fingerprint density at radius 1 is 0.975 bits per heavy atom. The van der Waals surface area contributed by atoms with Crippen LogP contribution in [0.4, 0.5) is 5.69 Å². The fourth-order valence-corrected chi connectivity index (χ4v) is 5.47. The van der Waals surface area contributed by atoms with E-state index < -0.39 is 0 Å². The van der Waals surface area contributed by atoms with Crippen LogP contribution in [0.15, 0.2) is 76.6 Å². The summed E-state index contributed by atoms with van der Waals surface area (Å²) in [5.74, 6) is 1.08. The monoisotopic (exact) mass is 555 g/mol. The van der Waals surface area contributed by atoms with Gasteiger partial charge in [-0.2, -0.15) is 0 Å². The molecule has 0 radical (unpaired) electrons. The fourth-order valence-electron chi connectivity index (χ4n) is 4.63. The lowest BCUT2D eigenvalue weighted by molar-refractivity contribution is -0.115. The molecule has 2 aliphatic rings. The molecule has 40 heavy (non-hydrogen) atoms. The molecule has 0 unspecified atom stereocenters. The molecule has 0 bridgehead atoms. The molecule has 1 N–H and O–H groups in total. The summed E-state index contributed by atoms with van der Waals surface area (Å²) in [5.41, 5.74) is 4.52. The highest BCUT2D eigenvalue weighted by Gasteiger charge is 2.24. The molecule has 0 atom stereocenters. The SMILES string of the molecule is CCc1ccc(N=C2NC(=O)/C(=C/c3ccc(OCc4ccc(C(=O)N5CCCCC5)cc4)c(OC)c3)S2)cc1. The fraction of sp³-hybridized carbons (Fsp3) is 0.281. The van der Waals surface area contributed by atoms with E-state index in [0.717, 1.165) is 49.2 Å². The lowest BCUT2D eigenvalue weighted by Gasteiger charge is -2.26. The number of hydrogen-bond donors (Lipinski definition) is 1. The third kappa shape index (κ3) is 6.74. The summed E-state index contributed by atoms with van der Waals surface area (Å²) >= 11 is 1.31. The van der Waals surface area contributed by atoms with Crippen molar-refractivity contribution in [3.8, 4) is 11.5 Å². The zero-order chi connectivity index (χ0) is 27.9. The molecule has 5 rings (SSSR count). The van der Waals surface area contributed by atoms with E-state index in [-0.39, 0.29) is 11.8 Å². The lowest BCUT2D eigenvalue weighted by atomic mass is 10.1. The van der Waals surface area contributed by atoms with Gasteiger partial charge in [0.15, 0.2) is 16.7 Å². The molecule has 3 aromatic rings. The van der Waals surface area contributed by atoms with Gasteiger partial charge in [0.2, 0.25) is 0 Å². The van der Waals surface area contributed by atoms with Gasteiger partial charge in [-0.3, -0.25) is 9.59 Å². The summed E-state index contributed by atoms with van der Waals surface area (Å²) in [6.45, 7) is 4.12. The van der Waals surface area contributed by atoms with Crippen molar-refractivity contribution in [2.24, 2.45) is 4.99 Å². The summed E-state index contributed by atoms with van der Waals surface area (Å²) in [6.07, 6.45) is 6.13. The van der Waals surface area contributed by atoms with Crippen LogP contribution in [0.5, 0.6) is 11.5 Å². The maximum Gasteiger partial charge on any atom is 0.264 e. The van der Waals surface area contributed by atoms with Crippen molar-refractivity contribution in [1.82, 2.24) is 10.2 Å². The predicted octanol–water partition coefficient (Wildman–Crippen LogP) is 6.35. The van der Waals surface area contributed by atoms with Gasteiger partial charge in [0.1, 0.15) is 6.61 Å². The average Bonchev–Trinajstić information content (AvgIpc) is 3.34. The summed E-state index contributed by atoms with van der Waals surface area (Å²) in [7, 11) is 1.59. The van der Waals surface area contributed by atoms with E-state index in [0.29, 0.717) is 33.7 Å². The van der Waals surface area contributed by atoms with Crippen molar-refractivity contribution in [3.05, 3.63) is 93.9 Å². The number of amides is 2. The Morgan fingerprint density at radius 3 is 2.40 bits per heavy atom. The minimum atomic E-state index is -0.185. The van der Waals surface area contributed by atoms with Crippen molar-refractivity contribution in [1.29, 1.82) is 0 Å². The van der Waals surface area contributed by atoms with E-state index in [1.807, 2.05) is 77.7 Å². The third-order valence-corrected chi connectivity index (χ3v) is 7.86. The summed E-state index contributed by atoms with van der Waals surface area (Å²) < 4.78 is 11.6. The quantitative estimate of drug-likeness (QED) is 0.328. The van der Waals surface area contributed by atoms with Gasteiger partial charge >= 0.3 is 0 Å². The number of aryl methyl sites for hydroxylation is 1. The molecule has 0 aliphatic carbocycles. The Bertz CT molecular complexity index is 1430. The Balaban J connectivity index is 1.21. The van der Waals surface area contributed by atoms with Crippen LogP contribution in [0.3, 0.4) is 0 Å². The molecule has 0 aromatic heterocycles. The number of benzene rings is 3. The van der Waals surface area contributed by atoms with Crippen molar-refractivity contribution in [2.75, 3.05) is 20.2 Å². The molecule has 8 heteroatoms. The molecule has 3 aromatic carbocycles. The van der Waals surface area contributed by atoms with Crippen LogP contribution in [-0.2, 0) is 17.8 Å². The number of carbonyl (C=O) groups excluding carboxylic acids is 2.